The van der Waals surface area contributed by atoms with Crippen LogP contribution in [0.15, 0.2) is 53.3 Å². The number of anilines is 1. The van der Waals surface area contributed by atoms with Gasteiger partial charge in [-0.2, -0.15) is 0 Å². The Labute approximate surface area is 322 Å². The van der Waals surface area contributed by atoms with Gasteiger partial charge in [0, 0.05) is 61.2 Å². The fraction of sp³-hybridized carbons (Fsp3) is 0.400. The summed E-state index contributed by atoms with van der Waals surface area (Å²) in [5.74, 6) is -1.55. The summed E-state index contributed by atoms with van der Waals surface area (Å²) in [5, 5.41) is 36.4. The Morgan fingerprint density at radius 2 is 1.91 bits per heavy atom. The summed E-state index contributed by atoms with van der Waals surface area (Å²) in [6.45, 7) is 5.06. The van der Waals surface area contributed by atoms with E-state index in [1.54, 1.807) is 22.8 Å². The van der Waals surface area contributed by atoms with Crippen LogP contribution in [0.25, 0.3) is 22.3 Å². The lowest BCUT2D eigenvalue weighted by Gasteiger charge is -2.32. The molecule has 2 amide bonds. The second-order valence-electron chi connectivity index (χ2n) is 14.1. The number of methoxy groups -OCH3 is 1. The molecule has 1 fully saturated rings. The number of ether oxygens (including phenoxy) is 3. The summed E-state index contributed by atoms with van der Waals surface area (Å²) >= 11 is 0. The van der Waals surface area contributed by atoms with Crippen LogP contribution in [0, 0.1) is 0 Å². The Kier molecular flexibility index (Phi) is 12.6. The molecule has 296 valence electrons. The number of hydrogen-bond donors (Lipinski definition) is 5. The van der Waals surface area contributed by atoms with Gasteiger partial charge in [0.1, 0.15) is 11.9 Å². The third-order valence-electron chi connectivity index (χ3n) is 10.1. The summed E-state index contributed by atoms with van der Waals surface area (Å²) in [7, 11) is 1.44. The van der Waals surface area contributed by atoms with E-state index in [-0.39, 0.29) is 66.7 Å². The summed E-state index contributed by atoms with van der Waals surface area (Å²) < 4.78 is 18.6. The van der Waals surface area contributed by atoms with E-state index >= 15 is 0 Å². The van der Waals surface area contributed by atoms with Crippen molar-refractivity contribution in [1.82, 2.24) is 19.8 Å². The zero-order valence-corrected chi connectivity index (χ0v) is 31.3. The van der Waals surface area contributed by atoms with E-state index in [1.165, 1.54) is 7.11 Å². The molecule has 1 saturated heterocycles. The third-order valence-corrected chi connectivity index (χ3v) is 10.1. The zero-order valence-electron chi connectivity index (χ0n) is 31.3. The molecule has 4 unspecified atom stereocenters. The molecule has 6 rings (SSSR count). The molecule has 0 saturated carbocycles. The van der Waals surface area contributed by atoms with Crippen molar-refractivity contribution in [2.45, 2.75) is 83.5 Å². The number of aliphatic hydroxyl groups is 2. The summed E-state index contributed by atoms with van der Waals surface area (Å²) in [6, 6.07) is 14.7. The summed E-state index contributed by atoms with van der Waals surface area (Å²) in [6.07, 6.45) is -3.56. The van der Waals surface area contributed by atoms with Crippen LogP contribution >= 0.6 is 0 Å². The van der Waals surface area contributed by atoms with E-state index in [0.717, 1.165) is 27.6 Å². The number of fused-ring (bicyclic) bond motifs is 4. The number of carbonyl (C=O) groups excluding carboxylic acids is 3. The van der Waals surface area contributed by atoms with Crippen molar-refractivity contribution in [3.05, 3.63) is 86.7 Å². The topological polar surface area (TPSA) is 219 Å². The number of carboxylic acid groups (broad SMARTS) is 1. The zero-order chi connectivity index (χ0) is 40.1. The number of aromatic nitrogens is 2. The number of amides is 2. The van der Waals surface area contributed by atoms with Crippen molar-refractivity contribution >= 4 is 41.2 Å². The second kappa shape index (κ2) is 17.5. The number of hydrogen-bond acceptors (Lipinski definition) is 12. The van der Waals surface area contributed by atoms with Gasteiger partial charge in [0.2, 0.25) is 18.6 Å². The third kappa shape index (κ3) is 8.64. The van der Waals surface area contributed by atoms with Gasteiger partial charge in [-0.1, -0.05) is 24.3 Å². The van der Waals surface area contributed by atoms with Crippen LogP contribution < -0.4 is 20.9 Å². The molecular formula is C40H45N5O11. The predicted octanol–water partition coefficient (Wildman–Crippen LogP) is 2.27. The van der Waals surface area contributed by atoms with Gasteiger partial charge in [0.05, 0.1) is 48.4 Å². The van der Waals surface area contributed by atoms with Crippen LogP contribution in [0.1, 0.15) is 60.6 Å². The van der Waals surface area contributed by atoms with Crippen LogP contribution in [0.5, 0.6) is 5.75 Å². The maximum Gasteiger partial charge on any atom is 0.333 e. The first-order valence-electron chi connectivity index (χ1n) is 18.3. The molecule has 0 bridgehead atoms. The molecule has 16 heteroatoms. The van der Waals surface area contributed by atoms with Gasteiger partial charge in [0.25, 0.3) is 5.56 Å². The Morgan fingerprint density at radius 3 is 2.62 bits per heavy atom. The molecule has 4 heterocycles. The first-order valence-corrected chi connectivity index (χ1v) is 18.3. The van der Waals surface area contributed by atoms with Gasteiger partial charge in [-0.15, -0.1) is 0 Å². The number of benzene rings is 2. The minimum absolute atomic E-state index is 0.0130. The highest BCUT2D eigenvalue weighted by atomic mass is 16.7. The lowest BCUT2D eigenvalue weighted by molar-refractivity contribution is -0.195. The molecule has 2 aliphatic heterocycles. The van der Waals surface area contributed by atoms with Gasteiger partial charge in [-0.3, -0.25) is 19.3 Å². The molecule has 0 spiro atoms. The van der Waals surface area contributed by atoms with E-state index < -0.39 is 36.5 Å². The van der Waals surface area contributed by atoms with Gasteiger partial charge < -0.3 is 49.5 Å². The standard InChI is InChI=1S/C40H45N5O11/c1-22(2)44(17-23-8-9-31(42-36(50)16-41-21-47)34(12-23)55-37-14-24(48)13-35(56-37)40(52)53)11-10-25-26-6-4-5-7-30(26)43-38-28(25)18-45-32(38)15-27(33(49)19-46)29(20-54-3)39(45)51/h4-9,12,15,19,21-22,24,33,35,37,48-49H,10-11,13-14,16-18,20H2,1-3H3,(H,41,47)(H,42,50)(H,52,53). The predicted molar refractivity (Wildman–Crippen MR) is 203 cm³/mol. The molecule has 2 aromatic carbocycles. The lowest BCUT2D eigenvalue weighted by Crippen LogP contribution is -2.42. The first kappa shape index (κ1) is 40.2. The second-order valence-corrected chi connectivity index (χ2v) is 14.1. The van der Waals surface area contributed by atoms with Crippen molar-refractivity contribution in [1.29, 1.82) is 0 Å². The van der Waals surface area contributed by atoms with Crippen molar-refractivity contribution in [2.24, 2.45) is 0 Å². The fourth-order valence-corrected chi connectivity index (χ4v) is 7.27. The smallest absolute Gasteiger partial charge is 0.333 e. The number of rotatable bonds is 17. The highest BCUT2D eigenvalue weighted by Crippen LogP contribution is 2.37. The number of carbonyl (C=O) groups is 4. The maximum absolute atomic E-state index is 13.8. The summed E-state index contributed by atoms with van der Waals surface area (Å²) in [4.78, 5) is 67.6. The lowest BCUT2D eigenvalue weighted by atomic mass is 9.97. The highest BCUT2D eigenvalue weighted by Gasteiger charge is 2.35. The molecule has 0 radical (unpaired) electrons. The van der Waals surface area contributed by atoms with Crippen molar-refractivity contribution in [3.8, 4) is 17.1 Å². The van der Waals surface area contributed by atoms with Gasteiger partial charge in [-0.05, 0) is 55.7 Å². The van der Waals surface area contributed by atoms with Gasteiger partial charge in [-0.25, -0.2) is 9.78 Å². The minimum atomic E-state index is -1.50. The number of carboxylic acids is 1. The first-order chi connectivity index (χ1) is 26.9. The van der Waals surface area contributed by atoms with Crippen LogP contribution in [-0.4, -0.2) is 99.1 Å². The average Bonchev–Trinajstić information content (AvgIpc) is 3.54. The van der Waals surface area contributed by atoms with Crippen LogP contribution in [0.2, 0.25) is 0 Å². The fourth-order valence-electron chi connectivity index (χ4n) is 7.27. The summed E-state index contributed by atoms with van der Waals surface area (Å²) in [5.41, 5.74) is 4.85. The molecule has 0 aliphatic carbocycles. The van der Waals surface area contributed by atoms with Crippen LogP contribution in [-0.2, 0) is 54.8 Å². The molecule has 56 heavy (non-hydrogen) atoms. The number of nitrogens with zero attached hydrogens (tertiary/aromatic N) is 3. The number of aliphatic carboxylic acids is 1. The Balaban J connectivity index is 1.30. The average molecular weight is 772 g/mol. The molecule has 4 aromatic rings. The molecule has 4 atom stereocenters. The Bertz CT molecular complexity index is 2190. The van der Waals surface area contributed by atoms with Crippen molar-refractivity contribution in [3.63, 3.8) is 0 Å². The molecule has 16 nitrogen and oxygen atoms in total. The van der Waals surface area contributed by atoms with E-state index in [2.05, 4.69) is 29.4 Å². The van der Waals surface area contributed by atoms with E-state index in [4.69, 9.17) is 19.2 Å². The Hall–Kier alpha value is -5.52. The number of nitrogens with one attached hydrogen (secondary N) is 2. The largest absolute Gasteiger partial charge is 0.479 e. The normalized spacial score (nSPS) is 18.0. The van der Waals surface area contributed by atoms with Gasteiger partial charge in [0.15, 0.2) is 12.4 Å². The van der Waals surface area contributed by atoms with Crippen molar-refractivity contribution < 1.29 is 48.7 Å². The molecular weight excluding hydrogens is 726 g/mol. The number of aldehydes is 1. The molecule has 2 aromatic heterocycles. The molecule has 2 aliphatic rings. The minimum Gasteiger partial charge on any atom is -0.479 e. The number of pyridine rings is 2. The molecule has 5 N–H and O–H groups in total. The SMILES string of the molecule is COCc1c(C(O)C=O)cc2n(c1=O)Cc1c-2nc2ccccc2c1CCN(Cc1ccc(NC(=O)CNC=O)c(OC2CC(O)CC(C(=O)O)O2)c1)C(C)C. The number of aliphatic hydroxyl groups excluding tert-OH is 2. The highest BCUT2D eigenvalue weighted by molar-refractivity contribution is 5.94. The Morgan fingerprint density at radius 1 is 1.12 bits per heavy atom. The van der Waals surface area contributed by atoms with Crippen molar-refractivity contribution in [2.75, 3.05) is 25.5 Å². The van der Waals surface area contributed by atoms with Crippen LogP contribution in [0.4, 0.5) is 5.69 Å². The monoisotopic (exact) mass is 771 g/mol. The van der Waals surface area contributed by atoms with Gasteiger partial charge >= 0.3 is 5.97 Å². The quantitative estimate of drug-likeness (QED) is 0.0859. The van der Waals surface area contributed by atoms with E-state index in [9.17, 15) is 39.3 Å². The maximum atomic E-state index is 13.8. The number of para-hydroxylation sites is 1. The van der Waals surface area contributed by atoms with E-state index in [0.29, 0.717) is 43.6 Å². The van der Waals surface area contributed by atoms with E-state index in [1.807, 2.05) is 30.3 Å². The van der Waals surface area contributed by atoms with Crippen LogP contribution in [0.3, 0.4) is 0 Å².